The standard InChI is InChI=1S/C23H26O6/c1-4-18-19(28-21(25)17-13-9-6-10-14-17)23(2,29-22(18)26-3)15-27-20(24)16-11-7-5-8-12-16/h5-14,18-19,22H,4,15H2,1-3H3. The molecule has 0 spiro atoms. The lowest BCUT2D eigenvalue weighted by Gasteiger charge is -2.30. The molecule has 0 bridgehead atoms. The number of rotatable bonds is 7. The van der Waals surface area contributed by atoms with E-state index in [0.29, 0.717) is 17.5 Å². The molecule has 1 aliphatic rings. The Morgan fingerprint density at radius 1 is 0.966 bits per heavy atom. The SMILES string of the molecule is CCC1C(OC)OC(C)(COC(=O)c2ccccc2)C1OC(=O)c1ccccc1. The van der Waals surface area contributed by atoms with E-state index in [1.807, 2.05) is 19.1 Å². The fraction of sp³-hybridized carbons (Fsp3) is 0.391. The molecule has 0 aliphatic carbocycles. The molecule has 4 atom stereocenters. The number of esters is 2. The van der Waals surface area contributed by atoms with Gasteiger partial charge in [0, 0.05) is 13.0 Å². The molecule has 1 saturated heterocycles. The van der Waals surface area contributed by atoms with Crippen LogP contribution in [0.1, 0.15) is 41.0 Å². The fourth-order valence-corrected chi connectivity index (χ4v) is 3.60. The van der Waals surface area contributed by atoms with Crippen LogP contribution in [0.4, 0.5) is 0 Å². The van der Waals surface area contributed by atoms with E-state index in [-0.39, 0.29) is 12.5 Å². The minimum atomic E-state index is -1.03. The molecule has 6 heteroatoms. The lowest BCUT2D eigenvalue weighted by atomic mass is 9.90. The van der Waals surface area contributed by atoms with Gasteiger partial charge in [-0.05, 0) is 37.6 Å². The van der Waals surface area contributed by atoms with Gasteiger partial charge >= 0.3 is 11.9 Å². The maximum absolute atomic E-state index is 12.7. The Morgan fingerprint density at radius 3 is 2.03 bits per heavy atom. The van der Waals surface area contributed by atoms with Crippen LogP contribution in [0, 0.1) is 5.92 Å². The summed E-state index contributed by atoms with van der Waals surface area (Å²) in [6, 6.07) is 17.5. The second-order valence-electron chi connectivity index (χ2n) is 7.24. The molecule has 1 aliphatic heterocycles. The molecule has 2 aromatic rings. The Labute approximate surface area is 170 Å². The zero-order valence-corrected chi connectivity index (χ0v) is 16.9. The summed E-state index contributed by atoms with van der Waals surface area (Å²) in [6.45, 7) is 3.69. The van der Waals surface area contributed by atoms with Gasteiger partial charge in [-0.15, -0.1) is 0 Å². The van der Waals surface area contributed by atoms with Crippen LogP contribution in [-0.2, 0) is 18.9 Å². The number of methoxy groups -OCH3 is 1. The maximum atomic E-state index is 12.7. The summed E-state index contributed by atoms with van der Waals surface area (Å²) in [6.07, 6.45) is -0.518. The summed E-state index contributed by atoms with van der Waals surface area (Å²) in [5.41, 5.74) is -0.134. The van der Waals surface area contributed by atoms with Crippen molar-refractivity contribution in [2.45, 2.75) is 38.3 Å². The first-order valence-electron chi connectivity index (χ1n) is 9.67. The molecule has 1 heterocycles. The summed E-state index contributed by atoms with van der Waals surface area (Å²) >= 11 is 0. The van der Waals surface area contributed by atoms with Gasteiger partial charge in [0.25, 0.3) is 0 Å². The Hall–Kier alpha value is -2.70. The van der Waals surface area contributed by atoms with Crippen molar-refractivity contribution in [3.05, 3.63) is 71.8 Å². The predicted molar refractivity (Wildman–Crippen MR) is 106 cm³/mol. The van der Waals surface area contributed by atoms with Gasteiger partial charge in [-0.1, -0.05) is 43.3 Å². The number of carbonyl (C=O) groups is 2. The van der Waals surface area contributed by atoms with Gasteiger partial charge in [-0.25, -0.2) is 9.59 Å². The van der Waals surface area contributed by atoms with Crippen molar-refractivity contribution in [1.29, 1.82) is 0 Å². The molecule has 0 amide bonds. The van der Waals surface area contributed by atoms with Gasteiger partial charge in [0.15, 0.2) is 6.29 Å². The van der Waals surface area contributed by atoms with Gasteiger partial charge in [0.1, 0.15) is 18.3 Å². The topological polar surface area (TPSA) is 71.1 Å². The van der Waals surface area contributed by atoms with Crippen LogP contribution in [0.15, 0.2) is 60.7 Å². The zero-order valence-electron chi connectivity index (χ0n) is 16.9. The molecule has 6 nitrogen and oxygen atoms in total. The minimum Gasteiger partial charge on any atom is -0.459 e. The summed E-state index contributed by atoms with van der Waals surface area (Å²) in [4.78, 5) is 25.1. The maximum Gasteiger partial charge on any atom is 0.338 e. The van der Waals surface area contributed by atoms with Gasteiger partial charge in [-0.2, -0.15) is 0 Å². The largest absolute Gasteiger partial charge is 0.459 e. The summed E-state index contributed by atoms with van der Waals surface area (Å²) in [7, 11) is 1.55. The number of benzene rings is 2. The van der Waals surface area contributed by atoms with Crippen LogP contribution < -0.4 is 0 Å². The van der Waals surface area contributed by atoms with Crippen molar-refractivity contribution in [2.24, 2.45) is 5.92 Å². The number of hydrogen-bond acceptors (Lipinski definition) is 6. The average Bonchev–Trinajstić information content (AvgIpc) is 3.04. The van der Waals surface area contributed by atoms with Gasteiger partial charge in [0.05, 0.1) is 11.1 Å². The van der Waals surface area contributed by atoms with E-state index >= 15 is 0 Å². The first-order chi connectivity index (χ1) is 14.0. The zero-order chi connectivity index (χ0) is 20.9. The van der Waals surface area contributed by atoms with E-state index in [1.54, 1.807) is 62.6 Å². The molecule has 0 radical (unpaired) electrons. The van der Waals surface area contributed by atoms with E-state index in [0.717, 1.165) is 0 Å². The van der Waals surface area contributed by atoms with E-state index in [4.69, 9.17) is 18.9 Å². The molecule has 0 saturated carbocycles. The highest BCUT2D eigenvalue weighted by Crippen LogP contribution is 2.40. The van der Waals surface area contributed by atoms with Crippen LogP contribution >= 0.6 is 0 Å². The third kappa shape index (κ3) is 4.66. The first kappa shape index (κ1) is 21.0. The van der Waals surface area contributed by atoms with Crippen molar-refractivity contribution in [2.75, 3.05) is 13.7 Å². The first-order valence-corrected chi connectivity index (χ1v) is 9.67. The monoisotopic (exact) mass is 398 g/mol. The molecule has 154 valence electrons. The molecular formula is C23H26O6. The fourth-order valence-electron chi connectivity index (χ4n) is 3.60. The molecule has 0 N–H and O–H groups in total. The highest BCUT2D eigenvalue weighted by atomic mass is 16.7. The minimum absolute atomic E-state index is 0.0657. The Bertz CT molecular complexity index is 822. The summed E-state index contributed by atoms with van der Waals surface area (Å²) < 4.78 is 22.9. The predicted octanol–water partition coefficient (Wildman–Crippen LogP) is 3.86. The van der Waals surface area contributed by atoms with E-state index in [2.05, 4.69) is 0 Å². The van der Waals surface area contributed by atoms with Crippen molar-refractivity contribution in [3.8, 4) is 0 Å². The number of carbonyl (C=O) groups excluding carboxylic acids is 2. The second-order valence-corrected chi connectivity index (χ2v) is 7.24. The average molecular weight is 398 g/mol. The third-order valence-electron chi connectivity index (χ3n) is 5.17. The highest BCUT2D eigenvalue weighted by Gasteiger charge is 2.55. The molecule has 1 fully saturated rings. The van der Waals surface area contributed by atoms with E-state index in [1.165, 1.54) is 0 Å². The van der Waals surface area contributed by atoms with Crippen LogP contribution in [-0.4, -0.2) is 43.7 Å². The molecule has 0 aromatic heterocycles. The molecule has 4 unspecified atom stereocenters. The number of ether oxygens (including phenoxy) is 4. The Kier molecular flexibility index (Phi) is 6.67. The van der Waals surface area contributed by atoms with E-state index in [9.17, 15) is 9.59 Å². The van der Waals surface area contributed by atoms with Crippen LogP contribution in [0.5, 0.6) is 0 Å². The van der Waals surface area contributed by atoms with Crippen molar-refractivity contribution >= 4 is 11.9 Å². The molecular weight excluding hydrogens is 372 g/mol. The molecule has 3 rings (SSSR count). The van der Waals surface area contributed by atoms with Gasteiger partial charge < -0.3 is 18.9 Å². The van der Waals surface area contributed by atoms with Crippen LogP contribution in [0.25, 0.3) is 0 Å². The highest BCUT2D eigenvalue weighted by molar-refractivity contribution is 5.90. The third-order valence-corrected chi connectivity index (χ3v) is 5.17. The van der Waals surface area contributed by atoms with Crippen LogP contribution in [0.2, 0.25) is 0 Å². The Morgan fingerprint density at radius 2 is 1.52 bits per heavy atom. The summed E-state index contributed by atoms with van der Waals surface area (Å²) in [5, 5.41) is 0. The lowest BCUT2D eigenvalue weighted by Crippen LogP contribution is -2.46. The van der Waals surface area contributed by atoms with Crippen LogP contribution in [0.3, 0.4) is 0 Å². The lowest BCUT2D eigenvalue weighted by molar-refractivity contribution is -0.176. The van der Waals surface area contributed by atoms with Crippen molar-refractivity contribution in [3.63, 3.8) is 0 Å². The molecule has 2 aromatic carbocycles. The second kappa shape index (κ2) is 9.20. The van der Waals surface area contributed by atoms with Gasteiger partial charge in [0.2, 0.25) is 0 Å². The smallest absolute Gasteiger partial charge is 0.338 e. The van der Waals surface area contributed by atoms with E-state index < -0.39 is 29.9 Å². The quantitative estimate of drug-likeness (QED) is 0.660. The van der Waals surface area contributed by atoms with Gasteiger partial charge in [-0.3, -0.25) is 0 Å². The molecule has 29 heavy (non-hydrogen) atoms. The Balaban J connectivity index is 1.77. The van der Waals surface area contributed by atoms with Crippen molar-refractivity contribution < 1.29 is 28.5 Å². The summed E-state index contributed by atoms with van der Waals surface area (Å²) in [5.74, 6) is -1.10. The normalized spacial score (nSPS) is 26.1. The van der Waals surface area contributed by atoms with Crippen molar-refractivity contribution in [1.82, 2.24) is 0 Å². The number of hydrogen-bond donors (Lipinski definition) is 0.